The van der Waals surface area contributed by atoms with E-state index in [0.717, 1.165) is 18.1 Å². The summed E-state index contributed by atoms with van der Waals surface area (Å²) < 4.78 is 5.27. The molecule has 0 unspecified atom stereocenters. The number of hydrogen-bond donors (Lipinski definition) is 1. The number of rotatable bonds is 5. The zero-order valence-corrected chi connectivity index (χ0v) is 15.7. The van der Waals surface area contributed by atoms with Crippen LogP contribution >= 0.6 is 0 Å². The molecule has 0 aromatic heterocycles. The van der Waals surface area contributed by atoms with Gasteiger partial charge in [-0.25, -0.2) is 4.79 Å². The molecule has 1 aliphatic rings. The number of nitrogens with one attached hydrogen (secondary N) is 1. The summed E-state index contributed by atoms with van der Waals surface area (Å²) in [6.45, 7) is 2.54. The Hall–Kier alpha value is -3.42. The molecule has 0 saturated heterocycles. The van der Waals surface area contributed by atoms with E-state index in [2.05, 4.69) is 5.32 Å². The van der Waals surface area contributed by atoms with Crippen molar-refractivity contribution in [1.82, 2.24) is 4.90 Å². The molecule has 8 heteroatoms. The normalized spacial score (nSPS) is 14.0. The maximum absolute atomic E-state index is 12.7. The fraction of sp³-hybridized carbons (Fsp3) is 0.300. The summed E-state index contributed by atoms with van der Waals surface area (Å²) in [5.74, 6) is -1.06. The molecular weight excluding hydrogens is 362 g/mol. The van der Waals surface area contributed by atoms with Gasteiger partial charge in [-0.3, -0.25) is 14.9 Å². The quantitative estimate of drug-likeness (QED) is 0.484. The average molecular weight is 383 g/mol. The third-order valence-corrected chi connectivity index (χ3v) is 4.77. The van der Waals surface area contributed by atoms with E-state index in [0.29, 0.717) is 13.1 Å². The van der Waals surface area contributed by atoms with Crippen LogP contribution < -0.4 is 5.32 Å². The van der Waals surface area contributed by atoms with Crippen molar-refractivity contribution >= 4 is 23.3 Å². The number of carbonyl (C=O) groups is 2. The lowest BCUT2D eigenvalue weighted by Gasteiger charge is -2.30. The van der Waals surface area contributed by atoms with E-state index in [9.17, 15) is 19.7 Å². The minimum absolute atomic E-state index is 0.0225. The highest BCUT2D eigenvalue weighted by molar-refractivity contribution is 5.93. The molecule has 146 valence electrons. The van der Waals surface area contributed by atoms with Gasteiger partial charge in [0.2, 0.25) is 0 Å². The molecule has 0 bridgehead atoms. The first-order valence-electron chi connectivity index (χ1n) is 8.93. The second kappa shape index (κ2) is 8.08. The molecule has 3 rings (SSSR count). The average Bonchev–Trinajstić information content (AvgIpc) is 2.72. The summed E-state index contributed by atoms with van der Waals surface area (Å²) in [7, 11) is 1.55. The van der Waals surface area contributed by atoms with Crippen LogP contribution in [0.1, 0.15) is 28.4 Å². The van der Waals surface area contributed by atoms with Crippen molar-refractivity contribution in [3.63, 3.8) is 0 Å². The van der Waals surface area contributed by atoms with Gasteiger partial charge in [0.25, 0.3) is 11.6 Å². The molecule has 2 aromatic carbocycles. The topological polar surface area (TPSA) is 102 Å². The van der Waals surface area contributed by atoms with Gasteiger partial charge in [-0.1, -0.05) is 24.3 Å². The first-order chi connectivity index (χ1) is 13.4. The number of nitro benzene ring substituents is 1. The summed E-state index contributed by atoms with van der Waals surface area (Å²) >= 11 is 0. The van der Waals surface area contributed by atoms with E-state index in [1.807, 2.05) is 24.3 Å². The van der Waals surface area contributed by atoms with Crippen LogP contribution in [0.4, 0.5) is 11.4 Å². The zero-order valence-electron chi connectivity index (χ0n) is 15.7. The minimum atomic E-state index is -0.985. The number of benzene rings is 2. The van der Waals surface area contributed by atoms with Crippen molar-refractivity contribution in [3.05, 3.63) is 69.3 Å². The monoisotopic (exact) mass is 383 g/mol. The highest BCUT2D eigenvalue weighted by Gasteiger charge is 2.28. The Kier molecular flexibility index (Phi) is 5.58. The Morgan fingerprint density at radius 2 is 1.93 bits per heavy atom. The van der Waals surface area contributed by atoms with Crippen LogP contribution in [-0.2, 0) is 22.5 Å². The molecule has 0 fully saturated rings. The van der Waals surface area contributed by atoms with Crippen molar-refractivity contribution in [3.8, 4) is 0 Å². The lowest BCUT2D eigenvalue weighted by atomic mass is 9.99. The fourth-order valence-electron chi connectivity index (χ4n) is 3.24. The smallest absolute Gasteiger partial charge is 0.339 e. The van der Waals surface area contributed by atoms with Gasteiger partial charge in [0, 0.05) is 26.2 Å². The van der Waals surface area contributed by atoms with E-state index in [1.165, 1.54) is 24.6 Å². The van der Waals surface area contributed by atoms with Crippen LogP contribution in [0.3, 0.4) is 0 Å². The van der Waals surface area contributed by atoms with Crippen LogP contribution in [0.15, 0.2) is 42.5 Å². The molecule has 1 aliphatic heterocycles. The maximum atomic E-state index is 12.7. The van der Waals surface area contributed by atoms with Gasteiger partial charge in [-0.15, -0.1) is 0 Å². The molecular formula is C20H21N3O5. The van der Waals surface area contributed by atoms with E-state index in [1.54, 1.807) is 11.9 Å². The molecule has 28 heavy (non-hydrogen) atoms. The van der Waals surface area contributed by atoms with Gasteiger partial charge in [0.1, 0.15) is 5.69 Å². The first-order valence-corrected chi connectivity index (χ1v) is 8.93. The van der Waals surface area contributed by atoms with E-state index >= 15 is 0 Å². The predicted molar refractivity (Wildman–Crippen MR) is 103 cm³/mol. The van der Waals surface area contributed by atoms with Gasteiger partial charge in [0.15, 0.2) is 6.10 Å². The number of anilines is 1. The van der Waals surface area contributed by atoms with E-state index < -0.39 is 17.0 Å². The number of nitro groups is 1. The van der Waals surface area contributed by atoms with Crippen molar-refractivity contribution in [2.24, 2.45) is 0 Å². The molecule has 1 heterocycles. The molecule has 8 nitrogen and oxygen atoms in total. The highest BCUT2D eigenvalue weighted by Crippen LogP contribution is 2.26. The molecule has 0 spiro atoms. The Morgan fingerprint density at radius 1 is 1.21 bits per heavy atom. The third kappa shape index (κ3) is 3.95. The van der Waals surface area contributed by atoms with Crippen LogP contribution in [0.5, 0.6) is 0 Å². The highest BCUT2D eigenvalue weighted by atomic mass is 16.6. The van der Waals surface area contributed by atoms with Gasteiger partial charge in [-0.05, 0) is 36.6 Å². The van der Waals surface area contributed by atoms with Crippen LogP contribution in [-0.4, -0.2) is 41.4 Å². The Bertz CT molecular complexity index is 928. The maximum Gasteiger partial charge on any atom is 0.339 e. The molecule has 1 atom stereocenters. The minimum Gasteiger partial charge on any atom is -0.449 e. The van der Waals surface area contributed by atoms with Crippen molar-refractivity contribution in [1.29, 1.82) is 0 Å². The van der Waals surface area contributed by atoms with Gasteiger partial charge >= 0.3 is 5.97 Å². The number of ether oxygens (including phenoxy) is 1. The van der Waals surface area contributed by atoms with Gasteiger partial charge in [-0.2, -0.15) is 0 Å². The number of nitrogens with zero attached hydrogens (tertiary/aromatic N) is 2. The number of fused-ring (bicyclic) bond motifs is 1. The second-order valence-electron chi connectivity index (χ2n) is 6.57. The number of esters is 1. The van der Waals surface area contributed by atoms with Gasteiger partial charge < -0.3 is 15.0 Å². The molecule has 0 radical (unpaired) electrons. The Morgan fingerprint density at radius 3 is 2.61 bits per heavy atom. The fourth-order valence-corrected chi connectivity index (χ4v) is 3.24. The third-order valence-electron chi connectivity index (χ3n) is 4.77. The molecule has 0 saturated carbocycles. The lowest BCUT2D eigenvalue weighted by molar-refractivity contribution is -0.384. The van der Waals surface area contributed by atoms with Crippen LogP contribution in [0, 0.1) is 10.1 Å². The molecule has 1 amide bonds. The largest absolute Gasteiger partial charge is 0.449 e. The summed E-state index contributed by atoms with van der Waals surface area (Å²) in [6, 6.07) is 11.9. The van der Waals surface area contributed by atoms with Crippen LogP contribution in [0.2, 0.25) is 0 Å². The molecule has 1 N–H and O–H groups in total. The Balaban J connectivity index is 1.68. The molecule has 0 aliphatic carbocycles. The standard InChI is InChI=1S/C20H21N3O5/c1-13(19(24)22-10-9-14-5-3-4-6-16(14)12-22)28-20(25)15-7-8-17(21-2)18(11-15)23(26)27/h3-8,11,13,21H,9-10,12H2,1-2H3/t13-/m1/s1. The lowest BCUT2D eigenvalue weighted by Crippen LogP contribution is -2.42. The summed E-state index contributed by atoms with van der Waals surface area (Å²) in [4.78, 5) is 37.3. The van der Waals surface area contributed by atoms with Crippen molar-refractivity contribution in [2.75, 3.05) is 18.9 Å². The molecule has 2 aromatic rings. The zero-order chi connectivity index (χ0) is 20.3. The number of carbonyl (C=O) groups excluding carboxylic acids is 2. The number of amides is 1. The number of hydrogen-bond acceptors (Lipinski definition) is 6. The van der Waals surface area contributed by atoms with Crippen LogP contribution in [0.25, 0.3) is 0 Å². The summed E-state index contributed by atoms with van der Waals surface area (Å²) in [5.41, 5.74) is 2.38. The van der Waals surface area contributed by atoms with E-state index in [4.69, 9.17) is 4.74 Å². The predicted octanol–water partition coefficient (Wildman–Crippen LogP) is 2.77. The first kappa shape index (κ1) is 19.3. The van der Waals surface area contributed by atoms with Crippen molar-refractivity contribution in [2.45, 2.75) is 26.0 Å². The van der Waals surface area contributed by atoms with Crippen molar-refractivity contribution < 1.29 is 19.2 Å². The summed E-state index contributed by atoms with van der Waals surface area (Å²) in [5, 5.41) is 13.8. The SMILES string of the molecule is CNc1ccc(C(=O)O[C@H](C)C(=O)N2CCc3ccccc3C2)cc1[N+](=O)[O-]. The second-order valence-corrected chi connectivity index (χ2v) is 6.57. The van der Waals surface area contributed by atoms with E-state index in [-0.39, 0.29) is 22.8 Å². The summed E-state index contributed by atoms with van der Waals surface area (Å²) in [6.07, 6.45) is -0.235. The van der Waals surface area contributed by atoms with Gasteiger partial charge in [0.05, 0.1) is 10.5 Å². The Labute approximate surface area is 162 Å².